The fourth-order valence-corrected chi connectivity index (χ4v) is 1.44. The first-order chi connectivity index (χ1) is 10.2. The molecule has 0 aliphatic carbocycles. The molecule has 0 spiro atoms. The Morgan fingerprint density at radius 1 is 1.33 bits per heavy atom. The van der Waals surface area contributed by atoms with Crippen molar-refractivity contribution in [1.29, 1.82) is 0 Å². The monoisotopic (exact) mass is 290 g/mol. The van der Waals surface area contributed by atoms with Gasteiger partial charge in [-0.3, -0.25) is 10.3 Å². The van der Waals surface area contributed by atoms with Crippen molar-refractivity contribution in [3.8, 4) is 0 Å². The van der Waals surface area contributed by atoms with Crippen molar-refractivity contribution in [2.24, 2.45) is 4.99 Å². The third-order valence-electron chi connectivity index (χ3n) is 2.43. The molecular weight excluding hydrogens is 268 g/mol. The van der Waals surface area contributed by atoms with Crippen molar-refractivity contribution in [3.05, 3.63) is 47.8 Å². The summed E-state index contributed by atoms with van der Waals surface area (Å²) in [4.78, 5) is 15.6. The number of aliphatic imine (C=N–C) groups is 1. The van der Waals surface area contributed by atoms with E-state index in [1.54, 1.807) is 19.3 Å². The SMILES string of the molecule is CCCOC/C=N/C=C(\C)NC(=O)OCc1ccccc1. The first-order valence-corrected chi connectivity index (χ1v) is 6.96. The number of carbonyl (C=O) groups excluding carboxylic acids is 1. The highest BCUT2D eigenvalue weighted by Crippen LogP contribution is 2.01. The second kappa shape index (κ2) is 10.6. The lowest BCUT2D eigenvalue weighted by Gasteiger charge is -2.06. The first-order valence-electron chi connectivity index (χ1n) is 6.96. The molecule has 0 aliphatic rings. The summed E-state index contributed by atoms with van der Waals surface area (Å²) in [7, 11) is 0. The van der Waals surface area contributed by atoms with Gasteiger partial charge in [0.1, 0.15) is 6.61 Å². The zero-order valence-corrected chi connectivity index (χ0v) is 12.5. The molecule has 5 nitrogen and oxygen atoms in total. The van der Waals surface area contributed by atoms with E-state index >= 15 is 0 Å². The lowest BCUT2D eigenvalue weighted by Crippen LogP contribution is -2.22. The number of amides is 1. The second-order valence-corrected chi connectivity index (χ2v) is 4.41. The molecule has 0 radical (unpaired) electrons. The van der Waals surface area contributed by atoms with E-state index in [4.69, 9.17) is 9.47 Å². The van der Waals surface area contributed by atoms with Gasteiger partial charge in [0.25, 0.3) is 0 Å². The molecule has 1 rings (SSSR count). The van der Waals surface area contributed by atoms with Crippen LogP contribution in [0.5, 0.6) is 0 Å². The van der Waals surface area contributed by atoms with Gasteiger partial charge >= 0.3 is 6.09 Å². The Morgan fingerprint density at radius 3 is 2.81 bits per heavy atom. The predicted molar refractivity (Wildman–Crippen MR) is 83.1 cm³/mol. The average Bonchev–Trinajstić information content (AvgIpc) is 2.50. The Balaban J connectivity index is 2.23. The van der Waals surface area contributed by atoms with Gasteiger partial charge in [0.15, 0.2) is 0 Å². The van der Waals surface area contributed by atoms with Crippen LogP contribution in [-0.4, -0.2) is 25.5 Å². The molecule has 5 heteroatoms. The Labute approximate surface area is 125 Å². The number of rotatable bonds is 8. The molecule has 0 bridgehead atoms. The number of ether oxygens (including phenoxy) is 2. The third kappa shape index (κ3) is 8.60. The second-order valence-electron chi connectivity index (χ2n) is 4.41. The van der Waals surface area contributed by atoms with Gasteiger partial charge in [-0.15, -0.1) is 0 Å². The summed E-state index contributed by atoms with van der Waals surface area (Å²) in [5.41, 5.74) is 1.56. The highest BCUT2D eigenvalue weighted by molar-refractivity contribution is 5.69. The summed E-state index contributed by atoms with van der Waals surface area (Å²) in [6.07, 6.45) is 3.69. The van der Waals surface area contributed by atoms with E-state index in [0.717, 1.165) is 18.6 Å². The van der Waals surface area contributed by atoms with Crippen molar-refractivity contribution < 1.29 is 14.3 Å². The largest absolute Gasteiger partial charge is 0.444 e. The van der Waals surface area contributed by atoms with Crippen molar-refractivity contribution in [3.63, 3.8) is 0 Å². The molecule has 0 heterocycles. The average molecular weight is 290 g/mol. The van der Waals surface area contributed by atoms with Crippen LogP contribution in [0, 0.1) is 0 Å². The van der Waals surface area contributed by atoms with E-state index < -0.39 is 6.09 Å². The third-order valence-corrected chi connectivity index (χ3v) is 2.43. The molecule has 0 aromatic heterocycles. The molecule has 0 unspecified atom stereocenters. The zero-order chi connectivity index (χ0) is 15.3. The highest BCUT2D eigenvalue weighted by atomic mass is 16.5. The van der Waals surface area contributed by atoms with Gasteiger partial charge in [-0.2, -0.15) is 0 Å². The molecule has 0 aliphatic heterocycles. The van der Waals surface area contributed by atoms with Crippen LogP contribution in [0.15, 0.2) is 47.2 Å². The minimum Gasteiger partial charge on any atom is -0.444 e. The Kier molecular flexibility index (Phi) is 8.56. The van der Waals surface area contributed by atoms with E-state index in [0.29, 0.717) is 12.3 Å². The van der Waals surface area contributed by atoms with Crippen LogP contribution in [0.4, 0.5) is 4.79 Å². The first kappa shape index (κ1) is 16.9. The Morgan fingerprint density at radius 2 is 2.10 bits per heavy atom. The van der Waals surface area contributed by atoms with Gasteiger partial charge in [0.05, 0.1) is 6.61 Å². The molecule has 1 amide bonds. The minimum atomic E-state index is -0.495. The lowest BCUT2D eigenvalue weighted by atomic mass is 10.2. The van der Waals surface area contributed by atoms with Crippen LogP contribution >= 0.6 is 0 Å². The topological polar surface area (TPSA) is 59.9 Å². The van der Waals surface area contributed by atoms with E-state index in [9.17, 15) is 4.79 Å². The number of nitrogens with one attached hydrogen (secondary N) is 1. The van der Waals surface area contributed by atoms with Gasteiger partial charge in [-0.25, -0.2) is 4.79 Å². The lowest BCUT2D eigenvalue weighted by molar-refractivity contribution is 0.142. The Bertz CT molecular complexity index is 470. The number of alkyl carbamates (subject to hydrolysis) is 1. The molecule has 114 valence electrons. The number of nitrogens with zero attached hydrogens (tertiary/aromatic N) is 1. The van der Waals surface area contributed by atoms with Crippen molar-refractivity contribution >= 4 is 12.3 Å². The van der Waals surface area contributed by atoms with Crippen LogP contribution < -0.4 is 5.32 Å². The van der Waals surface area contributed by atoms with Crippen LogP contribution in [0.1, 0.15) is 25.8 Å². The smallest absolute Gasteiger partial charge is 0.411 e. The van der Waals surface area contributed by atoms with Gasteiger partial charge in [-0.05, 0) is 18.9 Å². The van der Waals surface area contributed by atoms with E-state index in [-0.39, 0.29) is 6.61 Å². The number of carbonyl (C=O) groups is 1. The van der Waals surface area contributed by atoms with Crippen LogP contribution in [-0.2, 0) is 16.1 Å². The number of allylic oxidation sites excluding steroid dienone is 1. The van der Waals surface area contributed by atoms with Crippen molar-refractivity contribution in [1.82, 2.24) is 5.32 Å². The standard InChI is InChI=1S/C16H22N2O3/c1-3-10-20-11-9-17-12-14(2)18-16(19)21-13-15-7-5-4-6-8-15/h4-9,12H,3,10-11,13H2,1-2H3,(H,18,19)/b14-12+,17-9+. The van der Waals surface area contributed by atoms with Gasteiger partial charge < -0.3 is 9.47 Å². The molecule has 0 saturated carbocycles. The summed E-state index contributed by atoms with van der Waals surface area (Å²) in [6, 6.07) is 9.51. The van der Waals surface area contributed by atoms with E-state index in [1.807, 2.05) is 37.3 Å². The summed E-state index contributed by atoms with van der Waals surface area (Å²) < 4.78 is 10.3. The maximum absolute atomic E-state index is 11.6. The molecule has 1 aromatic carbocycles. The normalized spacial score (nSPS) is 11.6. The molecule has 0 atom stereocenters. The van der Waals surface area contributed by atoms with Crippen molar-refractivity contribution in [2.45, 2.75) is 26.9 Å². The number of hydrogen-bond donors (Lipinski definition) is 1. The summed E-state index contributed by atoms with van der Waals surface area (Å²) in [5.74, 6) is 0. The number of hydrogen-bond acceptors (Lipinski definition) is 4. The van der Waals surface area contributed by atoms with E-state index in [2.05, 4.69) is 10.3 Å². The maximum Gasteiger partial charge on any atom is 0.411 e. The number of benzene rings is 1. The fraction of sp³-hybridized carbons (Fsp3) is 0.375. The predicted octanol–water partition coefficient (Wildman–Crippen LogP) is 3.27. The summed E-state index contributed by atoms with van der Waals surface area (Å²) in [5, 5.41) is 2.60. The fourth-order valence-electron chi connectivity index (χ4n) is 1.44. The Hall–Kier alpha value is -2.14. The van der Waals surface area contributed by atoms with E-state index in [1.165, 1.54) is 0 Å². The quantitative estimate of drug-likeness (QED) is 0.590. The molecule has 1 aromatic rings. The molecular formula is C16H22N2O3. The molecule has 21 heavy (non-hydrogen) atoms. The summed E-state index contributed by atoms with van der Waals surface area (Å²) in [6.45, 7) is 5.23. The molecule has 0 saturated heterocycles. The van der Waals surface area contributed by atoms with Crippen molar-refractivity contribution in [2.75, 3.05) is 13.2 Å². The van der Waals surface area contributed by atoms with Crippen LogP contribution in [0.2, 0.25) is 0 Å². The molecule has 0 fully saturated rings. The minimum absolute atomic E-state index is 0.244. The molecule has 1 N–H and O–H groups in total. The van der Waals surface area contributed by atoms with Gasteiger partial charge in [-0.1, -0.05) is 37.3 Å². The zero-order valence-electron chi connectivity index (χ0n) is 12.5. The van der Waals surface area contributed by atoms with Crippen LogP contribution in [0.3, 0.4) is 0 Å². The van der Waals surface area contributed by atoms with Crippen LogP contribution in [0.25, 0.3) is 0 Å². The van der Waals surface area contributed by atoms with Gasteiger partial charge in [0, 0.05) is 24.7 Å². The maximum atomic E-state index is 11.6. The summed E-state index contributed by atoms with van der Waals surface area (Å²) >= 11 is 0. The van der Waals surface area contributed by atoms with Gasteiger partial charge in [0.2, 0.25) is 0 Å². The highest BCUT2D eigenvalue weighted by Gasteiger charge is 2.02.